The van der Waals surface area contributed by atoms with E-state index in [1.54, 1.807) is 0 Å². The van der Waals surface area contributed by atoms with Crippen molar-refractivity contribution in [3.63, 3.8) is 0 Å². The minimum atomic E-state index is -0.460. The van der Waals surface area contributed by atoms with Crippen LogP contribution < -0.4 is 5.32 Å². The monoisotopic (exact) mass is 285 g/mol. The van der Waals surface area contributed by atoms with Crippen LogP contribution in [0.3, 0.4) is 0 Å². The second-order valence-electron chi connectivity index (χ2n) is 4.89. The van der Waals surface area contributed by atoms with E-state index in [1.165, 1.54) is 18.2 Å². The van der Waals surface area contributed by atoms with Crippen molar-refractivity contribution in [1.29, 1.82) is 0 Å². The van der Waals surface area contributed by atoms with Crippen molar-refractivity contribution < 1.29 is 13.5 Å². The summed E-state index contributed by atoms with van der Waals surface area (Å²) in [5.41, 5.74) is 0.178. The maximum absolute atomic E-state index is 13.7. The molecule has 4 heteroatoms. The first-order chi connectivity index (χ1) is 9.69. The number of rotatable bonds is 10. The van der Waals surface area contributed by atoms with Crippen LogP contribution in [-0.2, 0) is 11.2 Å². The first-order valence-electron chi connectivity index (χ1n) is 7.43. The molecule has 0 saturated heterocycles. The molecule has 0 saturated carbocycles. The van der Waals surface area contributed by atoms with Crippen molar-refractivity contribution in [1.82, 2.24) is 5.32 Å². The van der Waals surface area contributed by atoms with Crippen molar-refractivity contribution in [3.8, 4) is 0 Å². The second-order valence-corrected chi connectivity index (χ2v) is 4.89. The van der Waals surface area contributed by atoms with Crippen LogP contribution in [-0.4, -0.2) is 25.8 Å². The molecule has 114 valence electrons. The molecular weight excluding hydrogens is 260 g/mol. The number of nitrogens with one attached hydrogen (secondary N) is 1. The summed E-state index contributed by atoms with van der Waals surface area (Å²) in [4.78, 5) is 0. The van der Waals surface area contributed by atoms with Crippen molar-refractivity contribution in [2.24, 2.45) is 0 Å². The molecule has 1 aromatic rings. The van der Waals surface area contributed by atoms with E-state index in [0.29, 0.717) is 19.6 Å². The summed E-state index contributed by atoms with van der Waals surface area (Å²) < 4.78 is 32.7. The first kappa shape index (κ1) is 17.1. The average molecular weight is 285 g/mol. The van der Waals surface area contributed by atoms with E-state index in [0.717, 1.165) is 25.8 Å². The highest BCUT2D eigenvalue weighted by Crippen LogP contribution is 2.16. The lowest BCUT2D eigenvalue weighted by atomic mass is 10.0. The third-order valence-electron chi connectivity index (χ3n) is 3.24. The van der Waals surface area contributed by atoms with Gasteiger partial charge >= 0.3 is 0 Å². The van der Waals surface area contributed by atoms with Gasteiger partial charge in [0.05, 0.1) is 0 Å². The molecule has 0 aliphatic rings. The predicted molar refractivity (Wildman–Crippen MR) is 77.9 cm³/mol. The molecule has 1 unspecified atom stereocenters. The Balaban J connectivity index is 2.58. The fraction of sp³-hybridized carbons (Fsp3) is 0.625. The summed E-state index contributed by atoms with van der Waals surface area (Å²) in [5, 5.41) is 3.36. The van der Waals surface area contributed by atoms with Gasteiger partial charge in [-0.05, 0) is 51.3 Å². The highest BCUT2D eigenvalue weighted by Gasteiger charge is 2.15. The summed E-state index contributed by atoms with van der Waals surface area (Å²) >= 11 is 0. The van der Waals surface area contributed by atoms with E-state index in [-0.39, 0.29) is 11.6 Å². The van der Waals surface area contributed by atoms with Gasteiger partial charge < -0.3 is 10.1 Å². The van der Waals surface area contributed by atoms with Crippen LogP contribution >= 0.6 is 0 Å². The van der Waals surface area contributed by atoms with Gasteiger partial charge in [-0.15, -0.1) is 0 Å². The molecule has 0 heterocycles. The summed E-state index contributed by atoms with van der Waals surface area (Å²) in [7, 11) is 0. The van der Waals surface area contributed by atoms with Gasteiger partial charge in [0, 0.05) is 24.8 Å². The van der Waals surface area contributed by atoms with Crippen molar-refractivity contribution in [3.05, 3.63) is 35.4 Å². The zero-order valence-electron chi connectivity index (χ0n) is 12.4. The SMILES string of the molecule is CCCNC(CCCOCC)Cc1c(F)cccc1F. The largest absolute Gasteiger partial charge is 0.382 e. The van der Waals surface area contributed by atoms with Gasteiger partial charge in [-0.2, -0.15) is 0 Å². The maximum Gasteiger partial charge on any atom is 0.129 e. The molecule has 0 amide bonds. The van der Waals surface area contributed by atoms with Gasteiger partial charge in [-0.1, -0.05) is 13.0 Å². The first-order valence-corrected chi connectivity index (χ1v) is 7.43. The molecule has 2 nitrogen and oxygen atoms in total. The Hall–Kier alpha value is -1.00. The van der Waals surface area contributed by atoms with Crippen LogP contribution in [0.1, 0.15) is 38.7 Å². The summed E-state index contributed by atoms with van der Waals surface area (Å²) in [6, 6.07) is 4.12. The Morgan fingerprint density at radius 2 is 1.90 bits per heavy atom. The Morgan fingerprint density at radius 3 is 2.50 bits per heavy atom. The Bertz CT molecular complexity index is 364. The van der Waals surface area contributed by atoms with Crippen LogP contribution in [0.15, 0.2) is 18.2 Å². The van der Waals surface area contributed by atoms with Crippen molar-refractivity contribution >= 4 is 0 Å². The van der Waals surface area contributed by atoms with E-state index >= 15 is 0 Å². The predicted octanol–water partition coefficient (Wildman–Crippen LogP) is 3.69. The third kappa shape index (κ3) is 5.97. The Kier molecular flexibility index (Phi) is 8.38. The lowest BCUT2D eigenvalue weighted by Gasteiger charge is -2.19. The van der Waals surface area contributed by atoms with Gasteiger partial charge in [0.15, 0.2) is 0 Å². The molecule has 0 aliphatic heterocycles. The highest BCUT2D eigenvalue weighted by molar-refractivity contribution is 5.20. The van der Waals surface area contributed by atoms with E-state index < -0.39 is 11.6 Å². The maximum atomic E-state index is 13.7. The number of halogens is 2. The van der Waals surface area contributed by atoms with Crippen LogP contribution in [0.2, 0.25) is 0 Å². The minimum Gasteiger partial charge on any atom is -0.382 e. The smallest absolute Gasteiger partial charge is 0.129 e. The lowest BCUT2D eigenvalue weighted by Crippen LogP contribution is -2.32. The standard InChI is InChI=1S/C16H25F2NO/c1-3-10-19-13(7-6-11-20-4-2)12-14-15(17)8-5-9-16(14)18/h5,8-9,13,19H,3-4,6-7,10-12H2,1-2H3. The zero-order chi connectivity index (χ0) is 14.8. The fourth-order valence-corrected chi connectivity index (χ4v) is 2.17. The Labute approximate surface area is 120 Å². The number of benzene rings is 1. The summed E-state index contributed by atoms with van der Waals surface area (Å²) in [6.07, 6.45) is 3.13. The quantitative estimate of drug-likeness (QED) is 0.662. The normalized spacial score (nSPS) is 12.6. The van der Waals surface area contributed by atoms with E-state index in [2.05, 4.69) is 12.2 Å². The molecule has 1 N–H and O–H groups in total. The molecule has 0 aliphatic carbocycles. The van der Waals surface area contributed by atoms with Gasteiger partial charge in [0.1, 0.15) is 11.6 Å². The van der Waals surface area contributed by atoms with Gasteiger partial charge in [-0.25, -0.2) is 8.78 Å². The average Bonchev–Trinajstić information content (AvgIpc) is 2.44. The van der Waals surface area contributed by atoms with E-state index in [4.69, 9.17) is 4.74 Å². The van der Waals surface area contributed by atoms with Gasteiger partial charge in [0.25, 0.3) is 0 Å². The number of hydrogen-bond donors (Lipinski definition) is 1. The number of hydrogen-bond acceptors (Lipinski definition) is 2. The number of ether oxygens (including phenoxy) is 1. The van der Waals surface area contributed by atoms with Gasteiger partial charge in [0.2, 0.25) is 0 Å². The molecule has 0 fully saturated rings. The molecule has 0 spiro atoms. The topological polar surface area (TPSA) is 21.3 Å². The lowest BCUT2D eigenvalue weighted by molar-refractivity contribution is 0.140. The van der Waals surface area contributed by atoms with Crippen molar-refractivity contribution in [2.75, 3.05) is 19.8 Å². The second kappa shape index (κ2) is 9.83. The van der Waals surface area contributed by atoms with Crippen molar-refractivity contribution in [2.45, 2.75) is 45.6 Å². The highest BCUT2D eigenvalue weighted by atomic mass is 19.1. The summed E-state index contributed by atoms with van der Waals surface area (Å²) in [5.74, 6) is -0.920. The third-order valence-corrected chi connectivity index (χ3v) is 3.24. The zero-order valence-corrected chi connectivity index (χ0v) is 12.4. The molecule has 0 radical (unpaired) electrons. The van der Waals surface area contributed by atoms with Crippen LogP contribution in [0, 0.1) is 11.6 Å². The van der Waals surface area contributed by atoms with Crippen LogP contribution in [0.4, 0.5) is 8.78 Å². The molecule has 20 heavy (non-hydrogen) atoms. The summed E-state index contributed by atoms with van der Waals surface area (Å²) in [6.45, 7) is 6.29. The van der Waals surface area contributed by atoms with Crippen LogP contribution in [0.25, 0.3) is 0 Å². The molecular formula is C16H25F2NO. The molecule has 1 rings (SSSR count). The fourth-order valence-electron chi connectivity index (χ4n) is 2.17. The van der Waals surface area contributed by atoms with Gasteiger partial charge in [-0.3, -0.25) is 0 Å². The minimum absolute atomic E-state index is 0.0850. The Morgan fingerprint density at radius 1 is 1.20 bits per heavy atom. The molecule has 1 atom stereocenters. The van der Waals surface area contributed by atoms with E-state index in [9.17, 15) is 8.78 Å². The van der Waals surface area contributed by atoms with Crippen LogP contribution in [0.5, 0.6) is 0 Å². The molecule has 0 aromatic heterocycles. The van der Waals surface area contributed by atoms with E-state index in [1.807, 2.05) is 6.92 Å². The molecule has 1 aromatic carbocycles. The molecule has 0 bridgehead atoms.